The topological polar surface area (TPSA) is 46.5 Å². The molecule has 1 aromatic carbocycles. The molecular weight excluding hydrogens is 264 g/mol. The van der Waals surface area contributed by atoms with Gasteiger partial charge in [0.2, 0.25) is 0 Å². The van der Waals surface area contributed by atoms with Gasteiger partial charge in [0.15, 0.2) is 0 Å². The molecule has 3 heteroatoms. The molecule has 0 aromatic heterocycles. The average Bonchev–Trinajstić information content (AvgIpc) is 2.44. The van der Waals surface area contributed by atoms with E-state index in [1.165, 1.54) is 7.11 Å². The van der Waals surface area contributed by atoms with Crippen molar-refractivity contribution in [2.24, 2.45) is 17.8 Å². The van der Waals surface area contributed by atoms with E-state index < -0.39 is 6.10 Å². The minimum Gasteiger partial charge on any atom is -0.465 e. The monoisotopic (exact) mass is 292 g/mol. The summed E-state index contributed by atoms with van der Waals surface area (Å²) in [6.07, 6.45) is 1.51. The van der Waals surface area contributed by atoms with E-state index in [9.17, 15) is 9.90 Å². The third kappa shape index (κ3) is 5.50. The van der Waals surface area contributed by atoms with Gasteiger partial charge in [-0.1, -0.05) is 39.8 Å². The number of ether oxygens (including phenoxy) is 1. The zero-order chi connectivity index (χ0) is 16.0. The van der Waals surface area contributed by atoms with Crippen molar-refractivity contribution in [2.45, 2.75) is 46.6 Å². The third-order valence-corrected chi connectivity index (χ3v) is 3.67. The molecule has 0 spiro atoms. The van der Waals surface area contributed by atoms with Crippen molar-refractivity contribution < 1.29 is 14.6 Å². The first-order chi connectivity index (χ1) is 9.85. The van der Waals surface area contributed by atoms with Gasteiger partial charge in [-0.25, -0.2) is 4.79 Å². The van der Waals surface area contributed by atoms with E-state index in [2.05, 4.69) is 32.4 Å². The Kier molecular flexibility index (Phi) is 6.90. The summed E-state index contributed by atoms with van der Waals surface area (Å²) in [6, 6.07) is 7.08. The van der Waals surface area contributed by atoms with Crippen LogP contribution in [0.2, 0.25) is 0 Å². The second-order valence-corrected chi connectivity index (χ2v) is 6.58. The van der Waals surface area contributed by atoms with E-state index in [0.717, 1.165) is 18.4 Å². The molecule has 1 aromatic rings. The van der Waals surface area contributed by atoms with Crippen molar-refractivity contribution in [3.05, 3.63) is 35.4 Å². The Morgan fingerprint density at radius 1 is 1.05 bits per heavy atom. The van der Waals surface area contributed by atoms with Crippen LogP contribution in [0.4, 0.5) is 0 Å². The van der Waals surface area contributed by atoms with Gasteiger partial charge >= 0.3 is 5.97 Å². The highest BCUT2D eigenvalue weighted by atomic mass is 16.5. The smallest absolute Gasteiger partial charge is 0.337 e. The lowest BCUT2D eigenvalue weighted by Crippen LogP contribution is -2.17. The summed E-state index contributed by atoms with van der Waals surface area (Å²) >= 11 is 0. The van der Waals surface area contributed by atoms with E-state index >= 15 is 0 Å². The van der Waals surface area contributed by atoms with Crippen molar-refractivity contribution in [3.8, 4) is 0 Å². The number of esters is 1. The van der Waals surface area contributed by atoms with E-state index in [1.807, 2.05) is 12.1 Å². The van der Waals surface area contributed by atoms with Crippen LogP contribution in [0.15, 0.2) is 24.3 Å². The van der Waals surface area contributed by atoms with Gasteiger partial charge in [-0.15, -0.1) is 0 Å². The Hall–Kier alpha value is -1.35. The number of carbonyl (C=O) groups excluding carboxylic acids is 1. The van der Waals surface area contributed by atoms with Crippen LogP contribution < -0.4 is 0 Å². The summed E-state index contributed by atoms with van der Waals surface area (Å²) in [6.45, 7) is 8.72. The maximum atomic E-state index is 11.4. The number of hydrogen-bond donors (Lipinski definition) is 1. The van der Waals surface area contributed by atoms with E-state index in [1.54, 1.807) is 12.1 Å². The van der Waals surface area contributed by atoms with E-state index in [0.29, 0.717) is 17.4 Å². The fourth-order valence-electron chi connectivity index (χ4n) is 2.77. The minimum atomic E-state index is -0.485. The highest BCUT2D eigenvalue weighted by Crippen LogP contribution is 2.32. The van der Waals surface area contributed by atoms with Crippen molar-refractivity contribution in [1.82, 2.24) is 0 Å². The summed E-state index contributed by atoms with van der Waals surface area (Å²) in [4.78, 5) is 11.4. The van der Waals surface area contributed by atoms with Gasteiger partial charge in [0, 0.05) is 0 Å². The molecule has 0 radical (unpaired) electrons. The first-order valence-electron chi connectivity index (χ1n) is 7.71. The number of methoxy groups -OCH3 is 1. The summed E-state index contributed by atoms with van der Waals surface area (Å²) in [5.41, 5.74) is 1.38. The van der Waals surface area contributed by atoms with Crippen LogP contribution in [0.1, 0.15) is 62.6 Å². The molecule has 0 bridgehead atoms. The van der Waals surface area contributed by atoms with Crippen molar-refractivity contribution in [3.63, 3.8) is 0 Å². The van der Waals surface area contributed by atoms with Gasteiger partial charge in [0.1, 0.15) is 0 Å². The molecule has 0 aliphatic carbocycles. The Balaban J connectivity index is 2.87. The predicted molar refractivity (Wildman–Crippen MR) is 85.1 cm³/mol. The number of aliphatic hydroxyl groups is 1. The molecule has 118 valence electrons. The number of rotatable bonds is 7. The molecule has 1 unspecified atom stereocenters. The zero-order valence-electron chi connectivity index (χ0n) is 13.8. The second-order valence-electron chi connectivity index (χ2n) is 6.58. The SMILES string of the molecule is COC(=O)c1ccc(C(O)C(CC(C)C)CC(C)C)cc1. The summed E-state index contributed by atoms with van der Waals surface area (Å²) in [5.74, 6) is 1.00. The van der Waals surface area contributed by atoms with Gasteiger partial charge in [-0.2, -0.15) is 0 Å². The van der Waals surface area contributed by atoms with Gasteiger partial charge in [-0.3, -0.25) is 0 Å². The quantitative estimate of drug-likeness (QED) is 0.766. The lowest BCUT2D eigenvalue weighted by molar-refractivity contribution is 0.0600. The number of hydrogen-bond acceptors (Lipinski definition) is 3. The molecule has 1 atom stereocenters. The Morgan fingerprint density at radius 3 is 1.90 bits per heavy atom. The molecule has 21 heavy (non-hydrogen) atoms. The highest BCUT2D eigenvalue weighted by Gasteiger charge is 2.23. The second kappa shape index (κ2) is 8.18. The molecular formula is C18H28O3. The summed E-state index contributed by atoms with van der Waals surface area (Å²) in [7, 11) is 1.37. The maximum Gasteiger partial charge on any atom is 0.337 e. The number of carbonyl (C=O) groups is 1. The molecule has 0 aliphatic heterocycles. The number of aliphatic hydroxyl groups excluding tert-OH is 1. The molecule has 0 saturated carbocycles. The Labute approximate surface area is 128 Å². The molecule has 1 N–H and O–H groups in total. The molecule has 1 rings (SSSR count). The van der Waals surface area contributed by atoms with E-state index in [-0.39, 0.29) is 11.9 Å². The first kappa shape index (κ1) is 17.7. The highest BCUT2D eigenvalue weighted by molar-refractivity contribution is 5.89. The van der Waals surface area contributed by atoms with Gasteiger partial charge < -0.3 is 9.84 Å². The zero-order valence-corrected chi connectivity index (χ0v) is 13.8. The van der Waals surface area contributed by atoms with Crippen LogP contribution in [0.25, 0.3) is 0 Å². The van der Waals surface area contributed by atoms with Crippen LogP contribution in [0.5, 0.6) is 0 Å². The van der Waals surface area contributed by atoms with Crippen LogP contribution in [-0.4, -0.2) is 18.2 Å². The van der Waals surface area contributed by atoms with Crippen LogP contribution >= 0.6 is 0 Å². The predicted octanol–water partition coefficient (Wildman–Crippen LogP) is 4.22. The fraction of sp³-hybridized carbons (Fsp3) is 0.611. The maximum absolute atomic E-state index is 11.4. The number of benzene rings is 1. The fourth-order valence-corrected chi connectivity index (χ4v) is 2.77. The van der Waals surface area contributed by atoms with Crippen molar-refractivity contribution >= 4 is 5.97 Å². The molecule has 3 nitrogen and oxygen atoms in total. The van der Waals surface area contributed by atoms with Crippen LogP contribution in [-0.2, 0) is 4.74 Å². The van der Waals surface area contributed by atoms with E-state index in [4.69, 9.17) is 0 Å². The Morgan fingerprint density at radius 2 is 1.52 bits per heavy atom. The van der Waals surface area contributed by atoms with Crippen molar-refractivity contribution in [2.75, 3.05) is 7.11 Å². The molecule has 0 amide bonds. The average molecular weight is 292 g/mol. The molecule has 0 saturated heterocycles. The van der Waals surface area contributed by atoms with Crippen molar-refractivity contribution in [1.29, 1.82) is 0 Å². The molecule has 0 aliphatic rings. The normalized spacial score (nSPS) is 13.0. The summed E-state index contributed by atoms with van der Waals surface area (Å²) < 4.78 is 4.69. The van der Waals surface area contributed by atoms with Crippen LogP contribution in [0, 0.1) is 17.8 Å². The third-order valence-electron chi connectivity index (χ3n) is 3.67. The lowest BCUT2D eigenvalue weighted by atomic mass is 9.82. The van der Waals surface area contributed by atoms with Gasteiger partial charge in [0.25, 0.3) is 0 Å². The minimum absolute atomic E-state index is 0.244. The van der Waals surface area contributed by atoms with Gasteiger partial charge in [0.05, 0.1) is 18.8 Å². The molecule has 0 fully saturated rings. The van der Waals surface area contributed by atoms with Crippen LogP contribution in [0.3, 0.4) is 0 Å². The largest absolute Gasteiger partial charge is 0.465 e. The summed E-state index contributed by atoms with van der Waals surface area (Å²) in [5, 5.41) is 10.6. The first-order valence-corrected chi connectivity index (χ1v) is 7.71. The lowest BCUT2D eigenvalue weighted by Gasteiger charge is -2.26. The van der Waals surface area contributed by atoms with Gasteiger partial charge in [-0.05, 0) is 48.3 Å². The molecule has 0 heterocycles. The Bertz CT molecular complexity index is 424. The standard InChI is InChI=1S/C18H28O3/c1-12(2)10-16(11-13(3)4)17(19)14-6-8-15(9-7-14)18(20)21-5/h6-9,12-13,16-17,19H,10-11H2,1-5H3.